The van der Waals surface area contributed by atoms with E-state index in [1.54, 1.807) is 27.3 Å². The summed E-state index contributed by atoms with van der Waals surface area (Å²) in [5.74, 6) is -0.168. The van der Waals surface area contributed by atoms with Crippen molar-refractivity contribution in [3.63, 3.8) is 0 Å². The van der Waals surface area contributed by atoms with Crippen LogP contribution in [0.25, 0.3) is 0 Å². The zero-order valence-corrected chi connectivity index (χ0v) is 15.1. The van der Waals surface area contributed by atoms with Gasteiger partial charge in [0.15, 0.2) is 0 Å². The maximum absolute atomic E-state index is 12.3. The average molecular weight is 355 g/mol. The van der Waals surface area contributed by atoms with E-state index in [1.165, 1.54) is 16.2 Å². The number of piperidine rings is 1. The van der Waals surface area contributed by atoms with Gasteiger partial charge in [0.05, 0.1) is 30.2 Å². The Balaban J connectivity index is 1.85. The maximum atomic E-state index is 12.3. The number of thiophene rings is 1. The number of aliphatic hydroxyl groups is 1. The first-order valence-corrected chi connectivity index (χ1v) is 8.71. The van der Waals surface area contributed by atoms with Crippen LogP contribution in [0.4, 0.5) is 0 Å². The third-order valence-electron chi connectivity index (χ3n) is 4.01. The van der Waals surface area contributed by atoms with Gasteiger partial charge in [0.2, 0.25) is 5.91 Å². The Kier molecular flexibility index (Phi) is 6.73. The summed E-state index contributed by atoms with van der Waals surface area (Å²) in [6, 6.07) is 3.34. The molecule has 0 radical (unpaired) electrons. The topological polar surface area (TPSA) is 82.1 Å². The minimum absolute atomic E-state index is 0.00828. The standard InChI is InChI=1S/C16H25N3O4S/c1-18(2)15(21)9-19-7-6-12(13(20)8-19)17-16(22)14-5-4-11(24-14)10-23-3/h4-5,12-13,20H,6-10H2,1-3H3,(H,17,22)/t12-,13-/m1/s1. The van der Waals surface area contributed by atoms with Crippen molar-refractivity contribution in [3.8, 4) is 0 Å². The molecule has 0 saturated carbocycles. The van der Waals surface area contributed by atoms with Crippen LogP contribution >= 0.6 is 11.3 Å². The van der Waals surface area contributed by atoms with Crippen LogP contribution in [-0.4, -0.2) is 79.7 Å². The Morgan fingerprint density at radius 3 is 2.83 bits per heavy atom. The van der Waals surface area contributed by atoms with E-state index in [2.05, 4.69) is 5.32 Å². The quantitative estimate of drug-likeness (QED) is 0.759. The highest BCUT2D eigenvalue weighted by molar-refractivity contribution is 7.14. The second-order valence-corrected chi connectivity index (χ2v) is 7.33. The molecule has 2 amide bonds. The zero-order chi connectivity index (χ0) is 17.7. The van der Waals surface area contributed by atoms with Crippen LogP contribution in [0.15, 0.2) is 12.1 Å². The number of carbonyl (C=O) groups excluding carboxylic acids is 2. The molecule has 2 rings (SSSR count). The Bertz CT molecular complexity index is 575. The predicted molar refractivity (Wildman–Crippen MR) is 92.0 cm³/mol. The van der Waals surface area contributed by atoms with Gasteiger partial charge in [-0.3, -0.25) is 14.5 Å². The number of ether oxygens (including phenoxy) is 1. The van der Waals surface area contributed by atoms with Crippen molar-refractivity contribution in [2.24, 2.45) is 0 Å². The number of likely N-dealkylation sites (tertiary alicyclic amines) is 1. The summed E-state index contributed by atoms with van der Waals surface area (Å²) in [7, 11) is 5.04. The van der Waals surface area contributed by atoms with Gasteiger partial charge in [-0.25, -0.2) is 0 Å². The first-order chi connectivity index (χ1) is 11.4. The van der Waals surface area contributed by atoms with E-state index >= 15 is 0 Å². The monoisotopic (exact) mass is 355 g/mol. The van der Waals surface area contributed by atoms with E-state index < -0.39 is 6.10 Å². The van der Waals surface area contributed by atoms with Gasteiger partial charge in [0, 0.05) is 39.2 Å². The molecule has 7 nitrogen and oxygen atoms in total. The molecule has 134 valence electrons. The summed E-state index contributed by atoms with van der Waals surface area (Å²) in [6.45, 7) is 1.82. The van der Waals surface area contributed by atoms with Crippen LogP contribution in [-0.2, 0) is 16.1 Å². The predicted octanol–water partition coefficient (Wildman–Crippen LogP) is 0.148. The van der Waals surface area contributed by atoms with Gasteiger partial charge in [-0.2, -0.15) is 0 Å². The largest absolute Gasteiger partial charge is 0.390 e. The molecular formula is C16H25N3O4S. The van der Waals surface area contributed by atoms with Crippen molar-refractivity contribution in [2.75, 3.05) is 40.8 Å². The van der Waals surface area contributed by atoms with Crippen LogP contribution in [0.3, 0.4) is 0 Å². The number of amides is 2. The normalized spacial score (nSPS) is 21.5. The highest BCUT2D eigenvalue weighted by Crippen LogP contribution is 2.18. The lowest BCUT2D eigenvalue weighted by Gasteiger charge is -2.36. The number of β-amino-alcohol motifs (C(OH)–C–C–N with tert-alkyl or cyclic N) is 1. The van der Waals surface area contributed by atoms with Gasteiger partial charge in [0.25, 0.3) is 5.91 Å². The summed E-state index contributed by atoms with van der Waals surface area (Å²) in [5, 5.41) is 13.2. The van der Waals surface area contributed by atoms with Crippen LogP contribution in [0.5, 0.6) is 0 Å². The molecule has 1 fully saturated rings. The number of hydrogen-bond acceptors (Lipinski definition) is 6. The van der Waals surface area contributed by atoms with E-state index in [0.29, 0.717) is 31.0 Å². The number of aliphatic hydroxyl groups excluding tert-OH is 1. The molecule has 8 heteroatoms. The number of likely N-dealkylation sites (N-methyl/N-ethyl adjacent to an activating group) is 1. The smallest absolute Gasteiger partial charge is 0.261 e. The minimum atomic E-state index is -0.684. The van der Waals surface area contributed by atoms with Crippen molar-refractivity contribution >= 4 is 23.2 Å². The molecule has 24 heavy (non-hydrogen) atoms. The molecule has 1 saturated heterocycles. The van der Waals surface area contributed by atoms with Crippen LogP contribution < -0.4 is 5.32 Å². The number of rotatable bonds is 6. The molecule has 2 atom stereocenters. The molecule has 0 aromatic carbocycles. The van der Waals surface area contributed by atoms with Gasteiger partial charge < -0.3 is 20.1 Å². The minimum Gasteiger partial charge on any atom is -0.390 e. The van der Waals surface area contributed by atoms with E-state index in [-0.39, 0.29) is 24.4 Å². The molecule has 0 unspecified atom stereocenters. The lowest BCUT2D eigenvalue weighted by atomic mass is 10.0. The van der Waals surface area contributed by atoms with Gasteiger partial charge >= 0.3 is 0 Å². The number of carbonyl (C=O) groups is 2. The molecule has 1 aliphatic heterocycles. The summed E-state index contributed by atoms with van der Waals surface area (Å²) in [6.07, 6.45) is -0.0692. The Morgan fingerprint density at radius 1 is 1.46 bits per heavy atom. The van der Waals surface area contributed by atoms with E-state index in [9.17, 15) is 14.7 Å². The Hall–Kier alpha value is -1.48. The highest BCUT2D eigenvalue weighted by atomic mass is 32.1. The number of hydrogen-bond donors (Lipinski definition) is 2. The summed E-state index contributed by atoms with van der Waals surface area (Å²) < 4.78 is 5.05. The molecule has 1 aromatic rings. The van der Waals surface area contributed by atoms with E-state index in [1.807, 2.05) is 11.0 Å². The van der Waals surface area contributed by atoms with Crippen LogP contribution in [0, 0.1) is 0 Å². The number of methoxy groups -OCH3 is 1. The second-order valence-electron chi connectivity index (χ2n) is 6.16. The molecule has 1 aromatic heterocycles. The number of nitrogens with one attached hydrogen (secondary N) is 1. The fourth-order valence-electron chi connectivity index (χ4n) is 2.60. The van der Waals surface area contributed by atoms with Crippen molar-refractivity contribution in [1.29, 1.82) is 0 Å². The SMILES string of the molecule is COCc1ccc(C(=O)N[C@@H]2CCN(CC(=O)N(C)C)C[C@H]2O)s1. The Labute approximate surface area is 146 Å². The second kappa shape index (κ2) is 8.57. The first-order valence-electron chi connectivity index (χ1n) is 7.89. The van der Waals surface area contributed by atoms with Crippen LogP contribution in [0.2, 0.25) is 0 Å². The lowest BCUT2D eigenvalue weighted by Crippen LogP contribution is -2.55. The molecule has 2 heterocycles. The zero-order valence-electron chi connectivity index (χ0n) is 14.3. The fourth-order valence-corrected chi connectivity index (χ4v) is 3.48. The molecule has 0 bridgehead atoms. The molecule has 2 N–H and O–H groups in total. The average Bonchev–Trinajstić information content (AvgIpc) is 2.99. The van der Waals surface area contributed by atoms with Crippen molar-refractivity contribution in [2.45, 2.75) is 25.2 Å². The van der Waals surface area contributed by atoms with Gasteiger partial charge in [-0.05, 0) is 18.6 Å². The number of nitrogens with zero attached hydrogens (tertiary/aromatic N) is 2. The van der Waals surface area contributed by atoms with Crippen molar-refractivity contribution < 1.29 is 19.4 Å². The van der Waals surface area contributed by atoms with Gasteiger partial charge in [0.1, 0.15) is 0 Å². The lowest BCUT2D eigenvalue weighted by molar-refractivity contribution is -0.130. The molecule has 0 spiro atoms. The highest BCUT2D eigenvalue weighted by Gasteiger charge is 2.30. The fraction of sp³-hybridized carbons (Fsp3) is 0.625. The molecule has 0 aliphatic carbocycles. The molecule has 1 aliphatic rings. The van der Waals surface area contributed by atoms with E-state index in [4.69, 9.17) is 4.74 Å². The summed E-state index contributed by atoms with van der Waals surface area (Å²) in [4.78, 5) is 29.1. The van der Waals surface area contributed by atoms with Gasteiger partial charge in [-0.15, -0.1) is 11.3 Å². The third kappa shape index (κ3) is 5.01. The first kappa shape index (κ1) is 18.9. The third-order valence-corrected chi connectivity index (χ3v) is 5.07. The van der Waals surface area contributed by atoms with Crippen molar-refractivity contribution in [3.05, 3.63) is 21.9 Å². The maximum Gasteiger partial charge on any atom is 0.261 e. The Morgan fingerprint density at radius 2 is 2.21 bits per heavy atom. The molecular weight excluding hydrogens is 330 g/mol. The van der Waals surface area contributed by atoms with E-state index in [0.717, 1.165) is 4.88 Å². The van der Waals surface area contributed by atoms with Gasteiger partial charge in [-0.1, -0.05) is 0 Å². The summed E-state index contributed by atoms with van der Waals surface area (Å²) >= 11 is 1.39. The van der Waals surface area contributed by atoms with Crippen molar-refractivity contribution in [1.82, 2.24) is 15.1 Å². The van der Waals surface area contributed by atoms with Crippen LogP contribution in [0.1, 0.15) is 21.0 Å². The summed E-state index contributed by atoms with van der Waals surface area (Å²) in [5.41, 5.74) is 0.